The molecule has 0 unspecified atom stereocenters. The van der Waals surface area contributed by atoms with E-state index in [9.17, 15) is 4.39 Å². The highest BCUT2D eigenvalue weighted by atomic mass is 19.1. The van der Waals surface area contributed by atoms with Gasteiger partial charge in [0.25, 0.3) is 0 Å². The van der Waals surface area contributed by atoms with E-state index < -0.39 is 0 Å². The highest BCUT2D eigenvalue weighted by molar-refractivity contribution is 5.52. The van der Waals surface area contributed by atoms with E-state index in [1.165, 1.54) is 12.1 Å². The predicted molar refractivity (Wildman–Crippen MR) is 84.7 cm³/mol. The maximum absolute atomic E-state index is 13.3. The van der Waals surface area contributed by atoms with E-state index in [1.54, 1.807) is 19.2 Å². The van der Waals surface area contributed by atoms with Crippen LogP contribution in [0.2, 0.25) is 0 Å². The van der Waals surface area contributed by atoms with Gasteiger partial charge in [0.15, 0.2) is 5.82 Å². The zero-order valence-electron chi connectivity index (χ0n) is 14.0. The quantitative estimate of drug-likeness (QED) is 0.612. The molecule has 0 fully saturated rings. The van der Waals surface area contributed by atoms with E-state index in [-0.39, 0.29) is 11.7 Å². The average molecular weight is 347 g/mol. The van der Waals surface area contributed by atoms with Gasteiger partial charge in [-0.25, -0.2) is 4.39 Å². The molecule has 0 bridgehead atoms. The number of rotatable bonds is 8. The Bertz CT molecular complexity index is 819. The number of hydrogen-bond donors (Lipinski definition) is 0. The summed E-state index contributed by atoms with van der Waals surface area (Å²) in [6.45, 7) is 1.38. The van der Waals surface area contributed by atoms with Crippen LogP contribution >= 0.6 is 0 Å². The SMILES string of the molecule is COCCc1noc(CN(C)Cc2nnc(-c3cccc(F)c3)o2)n1. The normalized spacial score (nSPS) is 11.4. The Labute approximate surface area is 143 Å². The van der Waals surface area contributed by atoms with Gasteiger partial charge >= 0.3 is 0 Å². The van der Waals surface area contributed by atoms with Crippen LogP contribution in [0, 0.1) is 5.82 Å². The first-order valence-electron chi connectivity index (χ1n) is 7.71. The van der Waals surface area contributed by atoms with Gasteiger partial charge in [-0.2, -0.15) is 4.98 Å². The second kappa shape index (κ2) is 7.95. The van der Waals surface area contributed by atoms with Gasteiger partial charge in [0.1, 0.15) is 5.82 Å². The van der Waals surface area contributed by atoms with Gasteiger partial charge in [-0.1, -0.05) is 11.2 Å². The van der Waals surface area contributed by atoms with Crippen LogP contribution in [0.5, 0.6) is 0 Å². The lowest BCUT2D eigenvalue weighted by Crippen LogP contribution is -2.17. The molecule has 3 aromatic rings. The molecule has 3 rings (SSSR count). The first-order chi connectivity index (χ1) is 12.1. The highest BCUT2D eigenvalue weighted by Crippen LogP contribution is 2.19. The molecule has 0 amide bonds. The van der Waals surface area contributed by atoms with Crippen molar-refractivity contribution in [1.29, 1.82) is 0 Å². The summed E-state index contributed by atoms with van der Waals surface area (Å²) in [4.78, 5) is 6.18. The van der Waals surface area contributed by atoms with Crippen molar-refractivity contribution < 1.29 is 18.1 Å². The Balaban J connectivity index is 1.58. The number of benzene rings is 1. The summed E-state index contributed by atoms with van der Waals surface area (Å²) in [5.41, 5.74) is 0.543. The van der Waals surface area contributed by atoms with Gasteiger partial charge in [-0.3, -0.25) is 4.90 Å². The molecule has 25 heavy (non-hydrogen) atoms. The molecule has 0 saturated carbocycles. The Kier molecular flexibility index (Phi) is 5.46. The van der Waals surface area contributed by atoms with Crippen LogP contribution in [0.3, 0.4) is 0 Å². The smallest absolute Gasteiger partial charge is 0.247 e. The fraction of sp³-hybridized carbons (Fsp3) is 0.375. The molecular weight excluding hydrogens is 329 g/mol. The summed E-state index contributed by atoms with van der Waals surface area (Å²) in [6.07, 6.45) is 0.602. The zero-order valence-corrected chi connectivity index (χ0v) is 14.0. The molecule has 0 N–H and O–H groups in total. The molecule has 0 aliphatic carbocycles. The van der Waals surface area contributed by atoms with Gasteiger partial charge in [0.2, 0.25) is 17.7 Å². The van der Waals surface area contributed by atoms with E-state index in [1.807, 2.05) is 11.9 Å². The predicted octanol–water partition coefficient (Wildman–Crippen LogP) is 2.08. The van der Waals surface area contributed by atoms with Crippen molar-refractivity contribution in [1.82, 2.24) is 25.2 Å². The maximum Gasteiger partial charge on any atom is 0.247 e. The van der Waals surface area contributed by atoms with Gasteiger partial charge in [0, 0.05) is 19.1 Å². The second-order valence-electron chi connectivity index (χ2n) is 5.53. The number of halogens is 1. The van der Waals surface area contributed by atoms with Crippen LogP contribution < -0.4 is 0 Å². The minimum absolute atomic E-state index is 0.280. The van der Waals surface area contributed by atoms with Gasteiger partial charge in [-0.05, 0) is 25.2 Å². The lowest BCUT2D eigenvalue weighted by molar-refractivity contribution is 0.199. The summed E-state index contributed by atoms with van der Waals surface area (Å²) in [6, 6.07) is 6.02. The lowest BCUT2D eigenvalue weighted by atomic mass is 10.2. The molecule has 1 aromatic carbocycles. The third-order valence-electron chi connectivity index (χ3n) is 3.39. The monoisotopic (exact) mass is 347 g/mol. The Morgan fingerprint density at radius 2 is 2.04 bits per heavy atom. The molecule has 0 spiro atoms. The number of aromatic nitrogens is 4. The van der Waals surface area contributed by atoms with Crippen LogP contribution in [0.4, 0.5) is 4.39 Å². The number of hydrogen-bond acceptors (Lipinski definition) is 8. The fourth-order valence-electron chi connectivity index (χ4n) is 2.22. The highest BCUT2D eigenvalue weighted by Gasteiger charge is 2.14. The van der Waals surface area contributed by atoms with E-state index in [2.05, 4.69) is 20.3 Å². The Hall–Kier alpha value is -2.65. The van der Waals surface area contributed by atoms with Crippen molar-refractivity contribution in [3.8, 4) is 11.5 Å². The van der Waals surface area contributed by atoms with Crippen LogP contribution in [0.25, 0.3) is 11.5 Å². The molecule has 9 heteroatoms. The molecule has 8 nitrogen and oxygen atoms in total. The number of methoxy groups -OCH3 is 1. The first-order valence-corrected chi connectivity index (χ1v) is 7.71. The summed E-state index contributed by atoms with van der Waals surface area (Å²) in [7, 11) is 3.49. The standard InChI is InChI=1S/C16H18FN5O3/c1-22(9-14-18-13(21-25-14)6-7-23-2)10-15-19-20-16(24-15)11-4-3-5-12(17)8-11/h3-5,8H,6-7,9-10H2,1-2H3. The maximum atomic E-state index is 13.3. The van der Waals surface area contributed by atoms with Crippen molar-refractivity contribution in [3.05, 3.63) is 47.7 Å². The van der Waals surface area contributed by atoms with E-state index in [0.29, 0.717) is 49.3 Å². The van der Waals surface area contributed by atoms with Crippen molar-refractivity contribution in [3.63, 3.8) is 0 Å². The van der Waals surface area contributed by atoms with Gasteiger partial charge < -0.3 is 13.7 Å². The Morgan fingerprint density at radius 1 is 1.20 bits per heavy atom. The van der Waals surface area contributed by atoms with E-state index in [0.717, 1.165) is 0 Å². The molecule has 0 radical (unpaired) electrons. The van der Waals surface area contributed by atoms with Crippen LogP contribution in [0.1, 0.15) is 17.6 Å². The Morgan fingerprint density at radius 3 is 2.84 bits per heavy atom. The van der Waals surface area contributed by atoms with Gasteiger partial charge in [-0.15, -0.1) is 10.2 Å². The zero-order chi connectivity index (χ0) is 17.6. The summed E-state index contributed by atoms with van der Waals surface area (Å²) in [5, 5.41) is 11.8. The van der Waals surface area contributed by atoms with Gasteiger partial charge in [0.05, 0.1) is 19.7 Å². The topological polar surface area (TPSA) is 90.3 Å². The molecule has 132 valence electrons. The first kappa shape index (κ1) is 17.2. The molecule has 0 saturated heterocycles. The molecule has 0 aliphatic heterocycles. The molecule has 0 aliphatic rings. The minimum Gasteiger partial charge on any atom is -0.419 e. The lowest BCUT2D eigenvalue weighted by Gasteiger charge is -2.10. The van der Waals surface area contributed by atoms with Crippen molar-refractivity contribution in [2.75, 3.05) is 20.8 Å². The fourth-order valence-corrected chi connectivity index (χ4v) is 2.22. The van der Waals surface area contributed by atoms with Crippen LogP contribution in [-0.4, -0.2) is 46.0 Å². The third-order valence-corrected chi connectivity index (χ3v) is 3.39. The van der Waals surface area contributed by atoms with Crippen molar-refractivity contribution >= 4 is 0 Å². The number of ether oxygens (including phenoxy) is 1. The number of nitrogens with zero attached hydrogens (tertiary/aromatic N) is 5. The minimum atomic E-state index is -0.352. The molecular formula is C16H18FN5O3. The van der Waals surface area contributed by atoms with Crippen molar-refractivity contribution in [2.24, 2.45) is 0 Å². The van der Waals surface area contributed by atoms with E-state index >= 15 is 0 Å². The second-order valence-corrected chi connectivity index (χ2v) is 5.53. The molecule has 2 heterocycles. The molecule has 0 atom stereocenters. The third kappa shape index (κ3) is 4.68. The van der Waals surface area contributed by atoms with Crippen LogP contribution in [-0.2, 0) is 24.2 Å². The van der Waals surface area contributed by atoms with E-state index in [4.69, 9.17) is 13.7 Å². The summed E-state index contributed by atoms with van der Waals surface area (Å²) >= 11 is 0. The summed E-state index contributed by atoms with van der Waals surface area (Å²) in [5.74, 6) is 1.45. The van der Waals surface area contributed by atoms with Crippen molar-refractivity contribution in [2.45, 2.75) is 19.5 Å². The van der Waals surface area contributed by atoms with Crippen LogP contribution in [0.15, 0.2) is 33.2 Å². The summed E-state index contributed by atoms with van der Waals surface area (Å²) < 4.78 is 29.0. The average Bonchev–Trinajstić information content (AvgIpc) is 3.22. The molecule has 2 aromatic heterocycles. The largest absolute Gasteiger partial charge is 0.419 e.